The number of carbonyl (C=O) groups is 1. The second kappa shape index (κ2) is 6.19. The summed E-state index contributed by atoms with van der Waals surface area (Å²) in [6, 6.07) is 2.60. The molecule has 0 unspecified atom stereocenters. The maximum Gasteiger partial charge on any atom is 0.222 e. The van der Waals surface area contributed by atoms with Gasteiger partial charge in [-0.1, -0.05) is 0 Å². The standard InChI is InChI=1S/C14H24N4O/c1-16(2)13-7-10-18(11-8-13)14(19)5-4-12-6-9-17(3)15-12/h6,9,13H,4-5,7-8,10-11H2,1-3H3. The highest BCUT2D eigenvalue weighted by Gasteiger charge is 2.23. The van der Waals surface area contributed by atoms with E-state index in [4.69, 9.17) is 0 Å². The molecule has 1 aromatic rings. The third-order valence-electron chi connectivity index (χ3n) is 3.91. The van der Waals surface area contributed by atoms with Crippen LogP contribution in [0.15, 0.2) is 12.3 Å². The third kappa shape index (κ3) is 3.80. The molecule has 0 N–H and O–H groups in total. The fourth-order valence-electron chi connectivity index (χ4n) is 2.62. The summed E-state index contributed by atoms with van der Waals surface area (Å²) in [5.41, 5.74) is 0.999. The van der Waals surface area contributed by atoms with Gasteiger partial charge in [-0.2, -0.15) is 5.10 Å². The summed E-state index contributed by atoms with van der Waals surface area (Å²) in [5, 5.41) is 4.30. The number of amides is 1. The molecule has 1 aliphatic heterocycles. The average molecular weight is 264 g/mol. The van der Waals surface area contributed by atoms with Gasteiger partial charge in [-0.3, -0.25) is 9.48 Å². The summed E-state index contributed by atoms with van der Waals surface area (Å²) < 4.78 is 1.78. The molecular weight excluding hydrogens is 240 g/mol. The second-order valence-electron chi connectivity index (χ2n) is 5.56. The fraction of sp³-hybridized carbons (Fsp3) is 0.714. The minimum atomic E-state index is 0.267. The van der Waals surface area contributed by atoms with E-state index in [1.54, 1.807) is 4.68 Å². The van der Waals surface area contributed by atoms with E-state index in [0.717, 1.165) is 38.0 Å². The summed E-state index contributed by atoms with van der Waals surface area (Å²) in [5.74, 6) is 0.267. The number of aryl methyl sites for hydroxylation is 2. The van der Waals surface area contributed by atoms with Crippen LogP contribution in [-0.4, -0.2) is 58.7 Å². The first-order chi connectivity index (χ1) is 9.06. The molecule has 1 fully saturated rings. The molecule has 1 amide bonds. The van der Waals surface area contributed by atoms with Crippen LogP contribution < -0.4 is 0 Å². The predicted molar refractivity (Wildman–Crippen MR) is 74.8 cm³/mol. The first kappa shape index (κ1) is 14.1. The molecule has 2 rings (SSSR count). The van der Waals surface area contributed by atoms with Gasteiger partial charge >= 0.3 is 0 Å². The molecule has 5 heteroatoms. The number of carbonyl (C=O) groups excluding carboxylic acids is 1. The topological polar surface area (TPSA) is 41.4 Å². The number of hydrogen-bond donors (Lipinski definition) is 0. The molecule has 0 aromatic carbocycles. The first-order valence-electron chi connectivity index (χ1n) is 6.99. The van der Waals surface area contributed by atoms with Crippen molar-refractivity contribution in [1.29, 1.82) is 0 Å². The molecule has 0 bridgehead atoms. The maximum absolute atomic E-state index is 12.1. The Morgan fingerprint density at radius 2 is 2.11 bits per heavy atom. The fourth-order valence-corrected chi connectivity index (χ4v) is 2.62. The van der Waals surface area contributed by atoms with Crippen LogP contribution in [0.3, 0.4) is 0 Å². The number of likely N-dealkylation sites (tertiary alicyclic amines) is 1. The zero-order valence-electron chi connectivity index (χ0n) is 12.2. The summed E-state index contributed by atoms with van der Waals surface area (Å²) in [4.78, 5) is 16.4. The zero-order valence-corrected chi connectivity index (χ0v) is 12.2. The molecular formula is C14H24N4O. The number of nitrogens with zero attached hydrogens (tertiary/aromatic N) is 4. The van der Waals surface area contributed by atoms with Crippen LogP contribution in [0.1, 0.15) is 25.0 Å². The Bertz CT molecular complexity index is 419. The van der Waals surface area contributed by atoms with Gasteiger partial charge in [0.05, 0.1) is 5.69 Å². The van der Waals surface area contributed by atoms with Crippen LogP contribution in [0.25, 0.3) is 0 Å². The highest BCUT2D eigenvalue weighted by Crippen LogP contribution is 2.15. The van der Waals surface area contributed by atoms with Gasteiger partial charge in [-0.15, -0.1) is 0 Å². The van der Waals surface area contributed by atoms with Crippen LogP contribution in [0.2, 0.25) is 0 Å². The van der Waals surface area contributed by atoms with Crippen LogP contribution >= 0.6 is 0 Å². The Hall–Kier alpha value is -1.36. The number of hydrogen-bond acceptors (Lipinski definition) is 3. The van der Waals surface area contributed by atoms with Crippen LogP contribution in [-0.2, 0) is 18.3 Å². The molecule has 19 heavy (non-hydrogen) atoms. The minimum Gasteiger partial charge on any atom is -0.343 e. The Labute approximate surface area is 115 Å². The van der Waals surface area contributed by atoms with Crippen molar-refractivity contribution >= 4 is 5.91 Å². The van der Waals surface area contributed by atoms with Crippen molar-refractivity contribution < 1.29 is 4.79 Å². The lowest BCUT2D eigenvalue weighted by molar-refractivity contribution is -0.132. The van der Waals surface area contributed by atoms with E-state index in [9.17, 15) is 4.79 Å². The Morgan fingerprint density at radius 1 is 1.42 bits per heavy atom. The lowest BCUT2D eigenvalue weighted by atomic mass is 10.0. The first-order valence-corrected chi connectivity index (χ1v) is 6.99. The minimum absolute atomic E-state index is 0.267. The summed E-state index contributed by atoms with van der Waals surface area (Å²) in [6.07, 6.45) is 5.41. The monoisotopic (exact) mass is 264 g/mol. The maximum atomic E-state index is 12.1. The van der Waals surface area contributed by atoms with Crippen molar-refractivity contribution in [3.8, 4) is 0 Å². The van der Waals surface area contributed by atoms with Gasteiger partial charge in [0, 0.05) is 45.2 Å². The molecule has 1 saturated heterocycles. The Kier molecular flexibility index (Phi) is 4.58. The zero-order chi connectivity index (χ0) is 13.8. The van der Waals surface area contributed by atoms with Gasteiger partial charge in [-0.05, 0) is 33.0 Å². The Morgan fingerprint density at radius 3 is 2.63 bits per heavy atom. The molecule has 5 nitrogen and oxygen atoms in total. The summed E-state index contributed by atoms with van der Waals surface area (Å²) in [7, 11) is 6.13. The molecule has 1 aliphatic rings. The van der Waals surface area contributed by atoms with Crippen molar-refractivity contribution in [3.05, 3.63) is 18.0 Å². The van der Waals surface area contributed by atoms with Crippen molar-refractivity contribution in [2.75, 3.05) is 27.2 Å². The number of aromatic nitrogens is 2. The van der Waals surface area contributed by atoms with Crippen LogP contribution in [0.4, 0.5) is 0 Å². The van der Waals surface area contributed by atoms with E-state index in [1.807, 2.05) is 24.2 Å². The van der Waals surface area contributed by atoms with Gasteiger partial charge in [0.15, 0.2) is 0 Å². The molecule has 0 spiro atoms. The molecule has 0 radical (unpaired) electrons. The van der Waals surface area contributed by atoms with Gasteiger partial charge in [0.2, 0.25) is 5.91 Å². The smallest absolute Gasteiger partial charge is 0.222 e. The van der Waals surface area contributed by atoms with Gasteiger partial charge in [0.1, 0.15) is 0 Å². The van der Waals surface area contributed by atoms with Crippen molar-refractivity contribution in [2.24, 2.45) is 7.05 Å². The molecule has 0 saturated carbocycles. The molecule has 0 atom stereocenters. The Balaban J connectivity index is 1.75. The highest BCUT2D eigenvalue weighted by molar-refractivity contribution is 5.76. The highest BCUT2D eigenvalue weighted by atomic mass is 16.2. The quantitative estimate of drug-likeness (QED) is 0.811. The molecule has 106 valence electrons. The molecule has 1 aromatic heterocycles. The van der Waals surface area contributed by atoms with Crippen LogP contribution in [0.5, 0.6) is 0 Å². The number of rotatable bonds is 4. The predicted octanol–water partition coefficient (Wildman–Crippen LogP) is 0.905. The summed E-state index contributed by atoms with van der Waals surface area (Å²) >= 11 is 0. The SMILES string of the molecule is CN(C)C1CCN(C(=O)CCc2ccn(C)n2)CC1. The van der Waals surface area contributed by atoms with E-state index in [2.05, 4.69) is 24.1 Å². The van der Waals surface area contributed by atoms with Crippen molar-refractivity contribution in [2.45, 2.75) is 31.7 Å². The third-order valence-corrected chi connectivity index (χ3v) is 3.91. The van der Waals surface area contributed by atoms with E-state index in [-0.39, 0.29) is 5.91 Å². The largest absolute Gasteiger partial charge is 0.343 e. The van der Waals surface area contributed by atoms with Crippen molar-refractivity contribution in [1.82, 2.24) is 19.6 Å². The van der Waals surface area contributed by atoms with E-state index in [1.165, 1.54) is 0 Å². The van der Waals surface area contributed by atoms with Gasteiger partial charge in [-0.25, -0.2) is 0 Å². The van der Waals surface area contributed by atoms with Crippen molar-refractivity contribution in [3.63, 3.8) is 0 Å². The average Bonchev–Trinajstić information content (AvgIpc) is 2.82. The van der Waals surface area contributed by atoms with E-state index < -0.39 is 0 Å². The second-order valence-corrected chi connectivity index (χ2v) is 5.56. The molecule has 0 aliphatic carbocycles. The van der Waals surface area contributed by atoms with Crippen LogP contribution in [0, 0.1) is 0 Å². The van der Waals surface area contributed by atoms with Gasteiger partial charge < -0.3 is 9.80 Å². The summed E-state index contributed by atoms with van der Waals surface area (Å²) in [6.45, 7) is 1.79. The van der Waals surface area contributed by atoms with E-state index >= 15 is 0 Å². The van der Waals surface area contributed by atoms with E-state index in [0.29, 0.717) is 12.5 Å². The normalized spacial score (nSPS) is 17.2. The lowest BCUT2D eigenvalue weighted by Crippen LogP contribution is -2.44. The van der Waals surface area contributed by atoms with Gasteiger partial charge in [0.25, 0.3) is 0 Å². The number of piperidine rings is 1. The molecule has 2 heterocycles. The lowest BCUT2D eigenvalue weighted by Gasteiger charge is -2.35.